The van der Waals surface area contributed by atoms with Crippen molar-refractivity contribution in [1.29, 1.82) is 0 Å². The Kier molecular flexibility index (Phi) is 680. The van der Waals surface area contributed by atoms with Crippen LogP contribution in [0.5, 0.6) is 0 Å². The van der Waals surface area contributed by atoms with Crippen LogP contribution >= 0.6 is 0 Å². The van der Waals surface area contributed by atoms with Crippen LogP contribution in [0.4, 0.5) is 0 Å². The van der Waals surface area contributed by atoms with Gasteiger partial charge < -0.3 is 24.4 Å². The summed E-state index contributed by atoms with van der Waals surface area (Å²) in [6.45, 7) is 68.2. The van der Waals surface area contributed by atoms with Gasteiger partial charge in [0.1, 0.15) is 0 Å². The fourth-order valence-electron chi connectivity index (χ4n) is 1.84. The maximum absolute atomic E-state index is 4.25. The number of benzene rings is 4. The molecule has 2 N–H and O–H groups in total. The van der Waals surface area contributed by atoms with Gasteiger partial charge in [0, 0.05) is 56.9 Å². The van der Waals surface area contributed by atoms with Crippen LogP contribution in [-0.4, -0.2) is 62.4 Å². The molecular weight excluding hydrogens is 873 g/mol. The number of rotatable bonds is 0. The van der Waals surface area contributed by atoms with E-state index in [-0.39, 0.29) is 5.48 Å². The molecule has 0 aliphatic heterocycles. The van der Waals surface area contributed by atoms with E-state index in [2.05, 4.69) is 57.1 Å². The largest absolute Gasteiger partial charge is 0.412 e. The van der Waals surface area contributed by atoms with E-state index in [4.69, 9.17) is 0 Å². The molecular formula is C66H150O5. The third kappa shape index (κ3) is 458. The van der Waals surface area contributed by atoms with E-state index < -0.39 is 0 Å². The lowest BCUT2D eigenvalue weighted by Crippen LogP contribution is -1.62. The topological polar surface area (TPSA) is 68.4 Å². The van der Waals surface area contributed by atoms with Crippen molar-refractivity contribution in [2.45, 2.75) is 235 Å². The predicted octanol–water partition coefficient (Wildman–Crippen LogP) is 24.0. The van der Waals surface area contributed by atoms with Crippen molar-refractivity contribution >= 4 is 0 Å². The second kappa shape index (κ2) is 350. The van der Waals surface area contributed by atoms with E-state index >= 15 is 0 Å². The van der Waals surface area contributed by atoms with E-state index in [0.717, 1.165) is 0 Å². The minimum atomic E-state index is 0. The summed E-state index contributed by atoms with van der Waals surface area (Å²) in [4.78, 5) is 0. The maximum atomic E-state index is 4.25. The molecule has 4 aromatic carbocycles. The second-order valence-electron chi connectivity index (χ2n) is 7.25. The average Bonchev–Trinajstić information content (AvgIpc) is 3.50. The molecule has 0 amide bonds. The molecule has 5 heteroatoms. The summed E-state index contributed by atoms with van der Waals surface area (Å²) in [5.41, 5.74) is 2.64. The SMILES string of the molecule is CC.CC.CC.CC.CC.CC.CC.CC.CC.CC.CC.CC.CC.CC.CC.CC.COC.COC.COC.COC.Cc1ccccc1.Cc1ccccc1.O.c1ccccc1.c1ccccc1. The second-order valence-corrected chi connectivity index (χ2v) is 7.25. The Labute approximate surface area is 459 Å². The van der Waals surface area contributed by atoms with Gasteiger partial charge in [0.15, 0.2) is 0 Å². The van der Waals surface area contributed by atoms with Gasteiger partial charge >= 0.3 is 0 Å². The van der Waals surface area contributed by atoms with Gasteiger partial charge in [0.05, 0.1) is 0 Å². The van der Waals surface area contributed by atoms with Gasteiger partial charge in [-0.2, -0.15) is 0 Å². The summed E-state index contributed by atoms with van der Waals surface area (Å²) in [6.07, 6.45) is 0. The van der Waals surface area contributed by atoms with E-state index in [0.29, 0.717) is 0 Å². The Morgan fingerprint density at radius 3 is 0.268 bits per heavy atom. The van der Waals surface area contributed by atoms with Gasteiger partial charge in [0.2, 0.25) is 0 Å². The molecule has 0 aliphatic rings. The number of hydrogen-bond donors (Lipinski definition) is 0. The molecule has 0 saturated carbocycles. The fraction of sp³-hybridized carbons (Fsp3) is 0.636. The fourth-order valence-corrected chi connectivity index (χ4v) is 1.84. The highest BCUT2D eigenvalue weighted by atomic mass is 16.5. The third-order valence-electron chi connectivity index (χ3n) is 3.21. The Balaban J connectivity index is -0.0000000198. The first-order valence-electron chi connectivity index (χ1n) is 28.1. The molecule has 0 fully saturated rings. The highest BCUT2D eigenvalue weighted by Crippen LogP contribution is 1.93. The van der Waals surface area contributed by atoms with E-state index in [1.165, 1.54) is 11.1 Å². The van der Waals surface area contributed by atoms with Crippen LogP contribution < -0.4 is 0 Å². The van der Waals surface area contributed by atoms with Gasteiger partial charge in [-0.05, 0) is 13.8 Å². The first-order valence-corrected chi connectivity index (χ1v) is 28.1. The van der Waals surface area contributed by atoms with Crippen LogP contribution in [0.15, 0.2) is 133 Å². The summed E-state index contributed by atoms with van der Waals surface area (Å²) in [7, 11) is 13.0. The van der Waals surface area contributed by atoms with Crippen LogP contribution in [0.1, 0.15) is 233 Å². The average molecular weight is 1020 g/mol. The molecule has 0 aliphatic carbocycles. The molecule has 0 saturated heterocycles. The molecule has 5 nitrogen and oxygen atoms in total. The minimum absolute atomic E-state index is 0. The summed E-state index contributed by atoms with van der Waals surface area (Å²) < 4.78 is 17.0. The zero-order valence-corrected chi connectivity index (χ0v) is 57.8. The molecule has 0 radical (unpaired) electrons. The van der Waals surface area contributed by atoms with Crippen molar-refractivity contribution in [2.24, 2.45) is 0 Å². The smallest absolute Gasteiger partial charge is 0.0351 e. The summed E-state index contributed by atoms with van der Waals surface area (Å²) in [6, 6.07) is 44.5. The Morgan fingerprint density at radius 1 is 0.169 bits per heavy atom. The van der Waals surface area contributed by atoms with Crippen molar-refractivity contribution in [3.05, 3.63) is 145 Å². The summed E-state index contributed by atoms with van der Waals surface area (Å²) in [5, 5.41) is 0. The Bertz CT molecular complexity index is 689. The molecule has 0 heterocycles. The molecule has 71 heavy (non-hydrogen) atoms. The standard InChI is InChI=1S/2C7H8.2C6H6.4C2H6O.16C2H6.H2O/c2*1-7-5-3-2-4-6-7;2*1-2-4-6-5-3-1;4*1-3-2;16*1-2;/h2*2-6H,1H3;2*1-6H;4*1-2H3;16*1-2H3;1H2. The van der Waals surface area contributed by atoms with Crippen LogP contribution in [-0.2, 0) is 18.9 Å². The van der Waals surface area contributed by atoms with Gasteiger partial charge in [-0.1, -0.05) is 366 Å². The molecule has 444 valence electrons. The zero-order valence-electron chi connectivity index (χ0n) is 57.8. The van der Waals surface area contributed by atoms with Gasteiger partial charge in [-0.3, -0.25) is 0 Å². The molecule has 4 aromatic rings. The van der Waals surface area contributed by atoms with Crippen LogP contribution in [0, 0.1) is 13.8 Å². The van der Waals surface area contributed by atoms with Crippen molar-refractivity contribution in [1.82, 2.24) is 0 Å². The number of aryl methyl sites for hydroxylation is 2. The minimum Gasteiger partial charge on any atom is -0.412 e. The Hall–Kier alpha value is -3.32. The number of ether oxygens (including phenoxy) is 4. The number of methoxy groups -OCH3 is 4. The number of hydrogen-bond acceptors (Lipinski definition) is 4. The lowest BCUT2D eigenvalue weighted by molar-refractivity contribution is 0.277. The highest BCUT2D eigenvalue weighted by Gasteiger charge is 1.72. The van der Waals surface area contributed by atoms with Crippen molar-refractivity contribution in [3.8, 4) is 0 Å². The maximum Gasteiger partial charge on any atom is 0.0351 e. The van der Waals surface area contributed by atoms with Crippen LogP contribution in [0.25, 0.3) is 0 Å². The third-order valence-corrected chi connectivity index (χ3v) is 3.21. The van der Waals surface area contributed by atoms with Gasteiger partial charge in [-0.15, -0.1) is 0 Å². The normalized spacial score (nSPS) is 5.44. The molecule has 0 aromatic heterocycles. The monoisotopic (exact) mass is 1020 g/mol. The first kappa shape index (κ1) is 138. The van der Waals surface area contributed by atoms with Crippen LogP contribution in [0.2, 0.25) is 0 Å². The van der Waals surface area contributed by atoms with E-state index in [1.54, 1.807) is 56.9 Å². The van der Waals surface area contributed by atoms with Crippen molar-refractivity contribution in [2.75, 3.05) is 56.9 Å². The van der Waals surface area contributed by atoms with E-state index in [9.17, 15) is 0 Å². The quantitative estimate of drug-likeness (QED) is 0.176. The van der Waals surface area contributed by atoms with Crippen LogP contribution in [0.3, 0.4) is 0 Å². The van der Waals surface area contributed by atoms with E-state index in [1.807, 2.05) is 331 Å². The molecule has 0 bridgehead atoms. The van der Waals surface area contributed by atoms with Crippen molar-refractivity contribution < 1.29 is 24.4 Å². The summed E-state index contributed by atoms with van der Waals surface area (Å²) >= 11 is 0. The molecule has 4 rings (SSSR count). The molecule has 0 spiro atoms. The summed E-state index contributed by atoms with van der Waals surface area (Å²) in [5.74, 6) is 0. The molecule has 0 unspecified atom stereocenters. The van der Waals surface area contributed by atoms with Crippen molar-refractivity contribution in [3.63, 3.8) is 0 Å². The predicted molar refractivity (Wildman–Crippen MR) is 352 cm³/mol. The van der Waals surface area contributed by atoms with Gasteiger partial charge in [0.25, 0.3) is 0 Å². The molecule has 0 atom stereocenters. The Morgan fingerprint density at radius 2 is 0.225 bits per heavy atom. The lowest BCUT2D eigenvalue weighted by Gasteiger charge is -1.82. The van der Waals surface area contributed by atoms with Gasteiger partial charge in [-0.25, -0.2) is 0 Å². The zero-order chi connectivity index (χ0) is 61.5. The first-order chi connectivity index (χ1) is 34.4. The highest BCUT2D eigenvalue weighted by molar-refractivity contribution is 5.12. The lowest BCUT2D eigenvalue weighted by atomic mass is 10.2.